The molecule has 2 aliphatic heterocycles. The Hall–Kier alpha value is -0.440. The molecule has 0 saturated carbocycles. The van der Waals surface area contributed by atoms with Gasteiger partial charge in [0.05, 0.1) is 19.3 Å². The number of unbranched alkanes of at least 4 members (excludes halogenated alkanes) is 8. The van der Waals surface area contributed by atoms with Crippen molar-refractivity contribution in [2.24, 2.45) is 0 Å². The van der Waals surface area contributed by atoms with Crippen LogP contribution in [0.2, 0.25) is 0 Å². The van der Waals surface area contributed by atoms with Gasteiger partial charge in [-0.05, 0) is 13.3 Å². The molecule has 0 aliphatic carbocycles. The molecule has 0 bridgehead atoms. The van der Waals surface area contributed by atoms with Gasteiger partial charge in [-0.2, -0.15) is 0 Å². The van der Waals surface area contributed by atoms with E-state index in [-0.39, 0.29) is 6.10 Å². The molecule has 0 radical (unpaired) electrons. The highest BCUT2D eigenvalue weighted by atomic mass is 16.7. The maximum atomic E-state index is 10.7. The molecule has 0 aromatic heterocycles. The second-order valence-corrected chi connectivity index (χ2v) is 10.1. The summed E-state index contributed by atoms with van der Waals surface area (Å²) in [6.45, 7) is 2.84. The van der Waals surface area contributed by atoms with Crippen molar-refractivity contribution in [3.63, 3.8) is 0 Å². The first-order valence-electron chi connectivity index (χ1n) is 13.5. The molecule has 11 unspecified atom stereocenters. The molecule has 0 aromatic rings. The zero-order valence-electron chi connectivity index (χ0n) is 21.6. The van der Waals surface area contributed by atoms with Crippen LogP contribution in [0.25, 0.3) is 0 Å². The fourth-order valence-electron chi connectivity index (χ4n) is 4.71. The van der Waals surface area contributed by atoms with Gasteiger partial charge in [0, 0.05) is 0 Å². The Bertz CT molecular complexity index is 578. The van der Waals surface area contributed by atoms with Crippen molar-refractivity contribution < 1.29 is 54.7 Å². The topological polar surface area (TPSA) is 179 Å². The molecule has 0 spiro atoms. The van der Waals surface area contributed by atoms with Gasteiger partial charge in [0.25, 0.3) is 0 Å². The van der Waals surface area contributed by atoms with E-state index in [2.05, 4.69) is 6.92 Å². The zero-order valence-corrected chi connectivity index (χ0v) is 21.6. The molecular formula is C25H48O11. The minimum absolute atomic E-state index is 0.247. The average molecular weight is 525 g/mol. The minimum atomic E-state index is -1.70. The summed E-state index contributed by atoms with van der Waals surface area (Å²) >= 11 is 0. The molecule has 214 valence electrons. The van der Waals surface area contributed by atoms with Gasteiger partial charge in [0.2, 0.25) is 0 Å². The highest BCUT2D eigenvalue weighted by Crippen LogP contribution is 2.30. The molecule has 11 nitrogen and oxygen atoms in total. The highest BCUT2D eigenvalue weighted by Gasteiger charge is 2.50. The summed E-state index contributed by atoms with van der Waals surface area (Å²) in [4.78, 5) is 0. The summed E-state index contributed by atoms with van der Waals surface area (Å²) in [7, 11) is 0. The number of rotatable bonds is 16. The Labute approximate surface area is 214 Å². The lowest BCUT2D eigenvalue weighted by Crippen LogP contribution is -2.64. The molecule has 36 heavy (non-hydrogen) atoms. The number of aliphatic hydroxyl groups excluding tert-OH is 7. The van der Waals surface area contributed by atoms with E-state index in [1.807, 2.05) is 6.92 Å². The first-order chi connectivity index (χ1) is 17.2. The van der Waals surface area contributed by atoms with Gasteiger partial charge in [0.1, 0.15) is 48.8 Å². The highest BCUT2D eigenvalue weighted by molar-refractivity contribution is 4.94. The van der Waals surface area contributed by atoms with Crippen LogP contribution in [-0.4, -0.2) is 116 Å². The van der Waals surface area contributed by atoms with Gasteiger partial charge < -0.3 is 54.7 Å². The van der Waals surface area contributed by atoms with Crippen molar-refractivity contribution >= 4 is 0 Å². The van der Waals surface area contributed by atoms with E-state index < -0.39 is 74.6 Å². The molecule has 2 saturated heterocycles. The molecule has 0 amide bonds. The monoisotopic (exact) mass is 524 g/mol. The van der Waals surface area contributed by atoms with Crippen LogP contribution in [0.3, 0.4) is 0 Å². The van der Waals surface area contributed by atoms with Gasteiger partial charge in [-0.1, -0.05) is 64.7 Å². The normalized spacial score (nSPS) is 38.2. The third kappa shape index (κ3) is 9.09. The van der Waals surface area contributed by atoms with E-state index in [1.54, 1.807) is 0 Å². The van der Waals surface area contributed by atoms with E-state index in [0.29, 0.717) is 0 Å². The van der Waals surface area contributed by atoms with Crippen LogP contribution in [0, 0.1) is 0 Å². The molecule has 2 aliphatic rings. The van der Waals surface area contributed by atoms with Gasteiger partial charge in [-0.3, -0.25) is 0 Å². The first-order valence-corrected chi connectivity index (χ1v) is 13.5. The summed E-state index contributed by atoms with van der Waals surface area (Å²) in [5.41, 5.74) is 0. The van der Waals surface area contributed by atoms with Crippen LogP contribution in [0.1, 0.15) is 78.1 Å². The Morgan fingerprint density at radius 1 is 0.639 bits per heavy atom. The van der Waals surface area contributed by atoms with Crippen LogP contribution < -0.4 is 0 Å². The summed E-state index contributed by atoms with van der Waals surface area (Å²) in [6, 6.07) is 0. The lowest BCUT2D eigenvalue weighted by molar-refractivity contribution is -0.362. The number of hydrogen-bond donors (Lipinski definition) is 7. The van der Waals surface area contributed by atoms with E-state index in [0.717, 1.165) is 19.3 Å². The predicted octanol–water partition coefficient (Wildman–Crippen LogP) is -0.0635. The van der Waals surface area contributed by atoms with Crippen LogP contribution in [0.15, 0.2) is 0 Å². The predicted molar refractivity (Wildman–Crippen MR) is 129 cm³/mol. The number of hydrogen-bond acceptors (Lipinski definition) is 11. The van der Waals surface area contributed by atoms with Crippen molar-refractivity contribution in [1.82, 2.24) is 0 Å². The summed E-state index contributed by atoms with van der Waals surface area (Å²) < 4.78 is 22.4. The molecule has 0 aromatic carbocycles. The summed E-state index contributed by atoms with van der Waals surface area (Å²) in [6.07, 6.45) is -3.03. The molecule has 7 N–H and O–H groups in total. The van der Waals surface area contributed by atoms with Crippen LogP contribution in [0.4, 0.5) is 0 Å². The SMILES string of the molecule is CCCCCCCCCCCC(C)OC1OC(CO)C(OC2OC(CO)C(O)C(O)C2O)C(O)C1O. The Morgan fingerprint density at radius 3 is 1.75 bits per heavy atom. The quantitative estimate of drug-likeness (QED) is 0.134. The summed E-state index contributed by atoms with van der Waals surface area (Å²) in [5, 5.41) is 70.5. The first kappa shape index (κ1) is 31.8. The smallest absolute Gasteiger partial charge is 0.187 e. The van der Waals surface area contributed by atoms with Crippen LogP contribution >= 0.6 is 0 Å². The number of ether oxygens (including phenoxy) is 4. The van der Waals surface area contributed by atoms with Crippen LogP contribution in [-0.2, 0) is 18.9 Å². The van der Waals surface area contributed by atoms with Crippen molar-refractivity contribution in [2.45, 2.75) is 146 Å². The molecule has 2 heterocycles. The lowest BCUT2D eigenvalue weighted by atomic mass is 9.97. The maximum absolute atomic E-state index is 10.7. The van der Waals surface area contributed by atoms with Crippen molar-refractivity contribution in [3.8, 4) is 0 Å². The molecule has 11 heteroatoms. The molecule has 2 rings (SSSR count). The second kappa shape index (κ2) is 16.5. The molecular weight excluding hydrogens is 476 g/mol. The van der Waals surface area contributed by atoms with Crippen molar-refractivity contribution in [1.29, 1.82) is 0 Å². The largest absolute Gasteiger partial charge is 0.394 e. The zero-order chi connectivity index (χ0) is 26.7. The molecule has 11 atom stereocenters. The van der Waals surface area contributed by atoms with Crippen molar-refractivity contribution in [3.05, 3.63) is 0 Å². The Balaban J connectivity index is 1.80. The minimum Gasteiger partial charge on any atom is -0.394 e. The van der Waals surface area contributed by atoms with Gasteiger partial charge in [0.15, 0.2) is 12.6 Å². The Morgan fingerprint density at radius 2 is 1.17 bits per heavy atom. The third-order valence-electron chi connectivity index (χ3n) is 7.04. The van der Waals surface area contributed by atoms with E-state index in [1.165, 1.54) is 44.9 Å². The fourth-order valence-corrected chi connectivity index (χ4v) is 4.71. The maximum Gasteiger partial charge on any atom is 0.187 e. The number of aliphatic hydroxyl groups is 7. The van der Waals surface area contributed by atoms with Gasteiger partial charge >= 0.3 is 0 Å². The van der Waals surface area contributed by atoms with Crippen molar-refractivity contribution in [2.75, 3.05) is 13.2 Å². The van der Waals surface area contributed by atoms with E-state index in [4.69, 9.17) is 18.9 Å². The summed E-state index contributed by atoms with van der Waals surface area (Å²) in [5.74, 6) is 0. The fraction of sp³-hybridized carbons (Fsp3) is 1.00. The second-order valence-electron chi connectivity index (χ2n) is 10.1. The lowest BCUT2D eigenvalue weighted by Gasteiger charge is -2.46. The standard InChI is InChI=1S/C25H48O11/c1-3-4-5-6-7-8-9-10-11-12-15(2)33-24-22(32)20(30)23(17(14-27)35-24)36-25-21(31)19(29)18(28)16(13-26)34-25/h15-32H,3-14H2,1-2H3. The average Bonchev–Trinajstić information content (AvgIpc) is 2.87. The van der Waals surface area contributed by atoms with E-state index >= 15 is 0 Å². The van der Waals surface area contributed by atoms with E-state index in [9.17, 15) is 35.7 Å². The van der Waals surface area contributed by atoms with Crippen LogP contribution in [0.5, 0.6) is 0 Å². The Kier molecular flexibility index (Phi) is 14.6. The molecule has 2 fully saturated rings. The third-order valence-corrected chi connectivity index (χ3v) is 7.04. The van der Waals surface area contributed by atoms with Gasteiger partial charge in [-0.25, -0.2) is 0 Å². The van der Waals surface area contributed by atoms with Gasteiger partial charge in [-0.15, -0.1) is 0 Å².